The molecule has 19 heavy (non-hydrogen) atoms. The second-order valence-electron chi connectivity index (χ2n) is 4.76. The molecule has 1 aromatic carbocycles. The highest BCUT2D eigenvalue weighted by Gasteiger charge is 2.57. The molecular formula is C14H17Cl2NO2. The maximum Gasteiger partial charge on any atom is 0.229 e. The molecule has 0 aromatic heterocycles. The summed E-state index contributed by atoms with van der Waals surface area (Å²) in [7, 11) is 1.62. The highest BCUT2D eigenvalue weighted by molar-refractivity contribution is 6.52. The Balaban J connectivity index is 2.01. The molecule has 2 rings (SSSR count). The Bertz CT molecular complexity index is 436. The molecule has 0 saturated heterocycles. The SMILES string of the molecule is COCCN(Cc1ccccc1)C(=O)C1CC1(Cl)Cl. The van der Waals surface area contributed by atoms with Crippen LogP contribution < -0.4 is 0 Å². The van der Waals surface area contributed by atoms with Gasteiger partial charge in [-0.25, -0.2) is 0 Å². The van der Waals surface area contributed by atoms with E-state index in [0.29, 0.717) is 26.1 Å². The van der Waals surface area contributed by atoms with Gasteiger partial charge in [0.15, 0.2) is 0 Å². The Morgan fingerprint density at radius 2 is 2.05 bits per heavy atom. The van der Waals surface area contributed by atoms with E-state index < -0.39 is 4.33 Å². The van der Waals surface area contributed by atoms with Gasteiger partial charge in [0.1, 0.15) is 4.33 Å². The minimum atomic E-state index is -0.876. The van der Waals surface area contributed by atoms with Gasteiger partial charge in [0, 0.05) is 20.2 Å². The average molecular weight is 302 g/mol. The van der Waals surface area contributed by atoms with Crippen molar-refractivity contribution in [3.63, 3.8) is 0 Å². The summed E-state index contributed by atoms with van der Waals surface area (Å²) < 4.78 is 4.18. The van der Waals surface area contributed by atoms with Gasteiger partial charge >= 0.3 is 0 Å². The maximum absolute atomic E-state index is 12.3. The predicted molar refractivity (Wildman–Crippen MR) is 76.3 cm³/mol. The van der Waals surface area contributed by atoms with Gasteiger partial charge in [0.2, 0.25) is 5.91 Å². The van der Waals surface area contributed by atoms with Crippen LogP contribution in [0.4, 0.5) is 0 Å². The molecular weight excluding hydrogens is 285 g/mol. The molecule has 1 unspecified atom stereocenters. The quantitative estimate of drug-likeness (QED) is 0.756. The standard InChI is InChI=1S/C14H17Cl2NO2/c1-19-8-7-17(10-11-5-3-2-4-6-11)13(18)12-9-14(12,15)16/h2-6,12H,7-10H2,1H3. The van der Waals surface area contributed by atoms with Crippen molar-refractivity contribution >= 4 is 29.1 Å². The summed E-state index contributed by atoms with van der Waals surface area (Å²) in [6.07, 6.45) is 0.535. The van der Waals surface area contributed by atoms with Gasteiger partial charge in [-0.3, -0.25) is 4.79 Å². The number of rotatable bonds is 6. The van der Waals surface area contributed by atoms with Gasteiger partial charge in [-0.2, -0.15) is 0 Å². The predicted octanol–water partition coefficient (Wildman–Crippen LogP) is 2.86. The molecule has 0 N–H and O–H groups in total. The second-order valence-corrected chi connectivity index (χ2v) is 6.30. The van der Waals surface area contributed by atoms with Crippen LogP contribution in [0.15, 0.2) is 30.3 Å². The first kappa shape index (κ1) is 14.6. The van der Waals surface area contributed by atoms with E-state index in [1.165, 1.54) is 0 Å². The molecule has 1 fully saturated rings. The van der Waals surface area contributed by atoms with Crippen LogP contribution in [0.5, 0.6) is 0 Å². The number of carbonyl (C=O) groups excluding carboxylic acids is 1. The van der Waals surface area contributed by atoms with E-state index in [-0.39, 0.29) is 11.8 Å². The average Bonchev–Trinajstić information content (AvgIpc) is 3.04. The van der Waals surface area contributed by atoms with Crippen molar-refractivity contribution in [3.05, 3.63) is 35.9 Å². The third-order valence-electron chi connectivity index (χ3n) is 3.22. The van der Waals surface area contributed by atoms with Gasteiger partial charge in [-0.05, 0) is 12.0 Å². The van der Waals surface area contributed by atoms with E-state index in [9.17, 15) is 4.79 Å². The Morgan fingerprint density at radius 1 is 1.42 bits per heavy atom. The second kappa shape index (κ2) is 6.12. The van der Waals surface area contributed by atoms with E-state index in [1.807, 2.05) is 30.3 Å². The molecule has 1 amide bonds. The minimum absolute atomic E-state index is 0.00547. The molecule has 5 heteroatoms. The van der Waals surface area contributed by atoms with Crippen molar-refractivity contribution in [3.8, 4) is 0 Å². The van der Waals surface area contributed by atoms with E-state index in [0.717, 1.165) is 5.56 Å². The normalized spacial score (nSPS) is 20.1. The van der Waals surface area contributed by atoms with Crippen LogP contribution in [0.1, 0.15) is 12.0 Å². The first-order chi connectivity index (χ1) is 9.04. The molecule has 0 radical (unpaired) electrons. The first-order valence-corrected chi connectivity index (χ1v) is 6.99. The molecule has 104 valence electrons. The smallest absolute Gasteiger partial charge is 0.229 e. The number of halogens is 2. The highest BCUT2D eigenvalue weighted by Crippen LogP contribution is 2.53. The number of methoxy groups -OCH3 is 1. The Hall–Kier alpha value is -0.770. The molecule has 0 spiro atoms. The van der Waals surface area contributed by atoms with Gasteiger partial charge < -0.3 is 9.64 Å². The topological polar surface area (TPSA) is 29.5 Å². The zero-order valence-corrected chi connectivity index (χ0v) is 12.3. The van der Waals surface area contributed by atoms with Crippen LogP contribution in [-0.2, 0) is 16.1 Å². The van der Waals surface area contributed by atoms with Gasteiger partial charge in [-0.1, -0.05) is 30.3 Å². The molecule has 1 atom stereocenters. The van der Waals surface area contributed by atoms with Gasteiger partial charge in [0.05, 0.1) is 12.5 Å². The van der Waals surface area contributed by atoms with Crippen LogP contribution in [0.25, 0.3) is 0 Å². The lowest BCUT2D eigenvalue weighted by molar-refractivity contribution is -0.133. The van der Waals surface area contributed by atoms with Crippen molar-refractivity contribution in [2.75, 3.05) is 20.3 Å². The largest absolute Gasteiger partial charge is 0.383 e. The molecule has 1 aliphatic carbocycles. The van der Waals surface area contributed by atoms with E-state index in [4.69, 9.17) is 27.9 Å². The van der Waals surface area contributed by atoms with Gasteiger partial charge in [0.25, 0.3) is 0 Å². The third-order valence-corrected chi connectivity index (χ3v) is 4.05. The van der Waals surface area contributed by atoms with Crippen LogP contribution >= 0.6 is 23.2 Å². The fraction of sp³-hybridized carbons (Fsp3) is 0.500. The summed E-state index contributed by atoms with van der Waals surface area (Å²) in [6.45, 7) is 1.61. The summed E-state index contributed by atoms with van der Waals surface area (Å²) in [4.78, 5) is 14.1. The van der Waals surface area contributed by atoms with Crippen molar-refractivity contribution in [2.24, 2.45) is 5.92 Å². The lowest BCUT2D eigenvalue weighted by Gasteiger charge is -2.23. The van der Waals surface area contributed by atoms with Crippen LogP contribution in [-0.4, -0.2) is 35.4 Å². The number of nitrogens with zero attached hydrogens (tertiary/aromatic N) is 1. The highest BCUT2D eigenvalue weighted by atomic mass is 35.5. The summed E-state index contributed by atoms with van der Waals surface area (Å²) >= 11 is 11.9. The molecule has 0 heterocycles. The number of carbonyl (C=O) groups is 1. The first-order valence-electron chi connectivity index (χ1n) is 6.24. The van der Waals surface area contributed by atoms with Crippen molar-refractivity contribution in [2.45, 2.75) is 17.3 Å². The fourth-order valence-electron chi connectivity index (χ4n) is 1.97. The summed E-state index contributed by atoms with van der Waals surface area (Å²) in [6, 6.07) is 9.86. The Kier molecular flexibility index (Phi) is 4.71. The minimum Gasteiger partial charge on any atom is -0.383 e. The van der Waals surface area contributed by atoms with Gasteiger partial charge in [-0.15, -0.1) is 23.2 Å². The van der Waals surface area contributed by atoms with Crippen LogP contribution in [0.3, 0.4) is 0 Å². The van der Waals surface area contributed by atoms with Crippen molar-refractivity contribution in [1.82, 2.24) is 4.90 Å². The van der Waals surface area contributed by atoms with Crippen LogP contribution in [0.2, 0.25) is 0 Å². The molecule has 0 aliphatic heterocycles. The maximum atomic E-state index is 12.3. The van der Waals surface area contributed by atoms with Crippen molar-refractivity contribution < 1.29 is 9.53 Å². The lowest BCUT2D eigenvalue weighted by atomic mass is 10.2. The molecule has 3 nitrogen and oxygen atoms in total. The lowest BCUT2D eigenvalue weighted by Crippen LogP contribution is -2.35. The number of amides is 1. The Labute approximate surface area is 123 Å². The zero-order chi connectivity index (χ0) is 13.9. The number of ether oxygens (including phenoxy) is 1. The molecule has 1 aromatic rings. The Morgan fingerprint density at radius 3 is 2.58 bits per heavy atom. The third kappa shape index (κ3) is 3.85. The number of hydrogen-bond acceptors (Lipinski definition) is 2. The van der Waals surface area contributed by atoms with E-state index in [2.05, 4.69) is 0 Å². The van der Waals surface area contributed by atoms with Crippen molar-refractivity contribution in [1.29, 1.82) is 0 Å². The summed E-state index contributed by atoms with van der Waals surface area (Å²) in [5, 5.41) is 0. The number of benzene rings is 1. The summed E-state index contributed by atoms with van der Waals surface area (Å²) in [5.41, 5.74) is 1.09. The zero-order valence-electron chi connectivity index (χ0n) is 10.8. The monoisotopic (exact) mass is 301 g/mol. The molecule has 0 bridgehead atoms. The number of hydrogen-bond donors (Lipinski definition) is 0. The van der Waals surface area contributed by atoms with Crippen LogP contribution in [0, 0.1) is 5.92 Å². The fourth-order valence-corrected chi connectivity index (χ4v) is 2.47. The molecule has 1 aliphatic rings. The molecule has 1 saturated carbocycles. The van der Waals surface area contributed by atoms with E-state index in [1.54, 1.807) is 12.0 Å². The summed E-state index contributed by atoms with van der Waals surface area (Å²) in [5.74, 6) is -0.276. The number of alkyl halides is 2. The van der Waals surface area contributed by atoms with E-state index >= 15 is 0 Å².